The fourth-order valence-electron chi connectivity index (χ4n) is 1.59. The van der Waals surface area contributed by atoms with E-state index < -0.39 is 0 Å². The van der Waals surface area contributed by atoms with E-state index in [1.165, 1.54) is 5.56 Å². The first kappa shape index (κ1) is 12.5. The summed E-state index contributed by atoms with van der Waals surface area (Å²) in [4.78, 5) is 0. The van der Waals surface area contributed by atoms with Gasteiger partial charge in [-0.2, -0.15) is 0 Å². The van der Waals surface area contributed by atoms with Crippen molar-refractivity contribution in [2.75, 3.05) is 5.32 Å². The Hall–Kier alpha value is -0.940. The summed E-state index contributed by atoms with van der Waals surface area (Å²) in [5.74, 6) is 0. The van der Waals surface area contributed by atoms with Crippen LogP contribution in [0.5, 0.6) is 0 Å². The molecule has 17 heavy (non-hydrogen) atoms. The number of anilines is 1. The Morgan fingerprint density at radius 3 is 2.59 bits per heavy atom. The number of nitrogens with zero attached hydrogens (tertiary/aromatic N) is 2. The van der Waals surface area contributed by atoms with Gasteiger partial charge in [-0.1, -0.05) is 39.4 Å². The Kier molecular flexibility index (Phi) is 4.12. The van der Waals surface area contributed by atoms with Crippen molar-refractivity contribution in [1.29, 1.82) is 0 Å². The van der Waals surface area contributed by atoms with Crippen molar-refractivity contribution in [1.82, 2.24) is 10.2 Å². The first-order chi connectivity index (χ1) is 8.13. The summed E-state index contributed by atoms with van der Waals surface area (Å²) < 4.78 is 1.11. The summed E-state index contributed by atoms with van der Waals surface area (Å²) in [6, 6.07) is 8.75. The Balaban J connectivity index is 1.93. The molecule has 1 N–H and O–H groups in total. The average molecular weight is 312 g/mol. The minimum Gasteiger partial charge on any atom is -0.357 e. The molecule has 0 aliphatic rings. The molecule has 1 heterocycles. The Bertz CT molecular complexity index is 481. The van der Waals surface area contributed by atoms with Crippen LogP contribution in [0.15, 0.2) is 28.7 Å². The van der Waals surface area contributed by atoms with Crippen molar-refractivity contribution in [2.45, 2.75) is 26.3 Å². The third-order valence-electron chi connectivity index (χ3n) is 2.35. The molecule has 1 atom stereocenters. The van der Waals surface area contributed by atoms with Crippen molar-refractivity contribution in [3.8, 4) is 0 Å². The van der Waals surface area contributed by atoms with E-state index in [2.05, 4.69) is 62.6 Å². The highest BCUT2D eigenvalue weighted by Gasteiger charge is 2.06. The van der Waals surface area contributed by atoms with Crippen LogP contribution in [0.25, 0.3) is 0 Å². The van der Waals surface area contributed by atoms with Gasteiger partial charge in [0.05, 0.1) is 0 Å². The molecule has 0 aliphatic carbocycles. The Morgan fingerprint density at radius 2 is 2.00 bits per heavy atom. The topological polar surface area (TPSA) is 37.8 Å². The molecule has 1 aromatic carbocycles. The fraction of sp³-hybridized carbons (Fsp3) is 0.333. The van der Waals surface area contributed by atoms with Gasteiger partial charge in [0, 0.05) is 10.5 Å². The second kappa shape index (κ2) is 5.60. The van der Waals surface area contributed by atoms with Crippen LogP contribution in [-0.4, -0.2) is 16.2 Å². The van der Waals surface area contributed by atoms with Crippen LogP contribution in [0.4, 0.5) is 5.13 Å². The predicted molar refractivity (Wildman–Crippen MR) is 75.6 cm³/mol. The van der Waals surface area contributed by atoms with Crippen LogP contribution in [0.1, 0.15) is 17.5 Å². The summed E-state index contributed by atoms with van der Waals surface area (Å²) in [6.45, 7) is 4.11. The molecule has 0 amide bonds. The van der Waals surface area contributed by atoms with Gasteiger partial charge in [0.25, 0.3) is 0 Å². The van der Waals surface area contributed by atoms with Crippen LogP contribution in [0, 0.1) is 6.92 Å². The van der Waals surface area contributed by atoms with E-state index in [9.17, 15) is 0 Å². The van der Waals surface area contributed by atoms with Crippen LogP contribution < -0.4 is 5.32 Å². The SMILES string of the molecule is Cc1nnc(NC(C)Cc2ccc(Br)cc2)s1. The third-order valence-corrected chi connectivity index (χ3v) is 3.65. The maximum Gasteiger partial charge on any atom is 0.205 e. The molecule has 2 rings (SSSR count). The first-order valence-corrected chi connectivity index (χ1v) is 7.05. The third kappa shape index (κ3) is 3.78. The number of benzene rings is 1. The minimum absolute atomic E-state index is 0.350. The minimum atomic E-state index is 0.350. The van der Waals surface area contributed by atoms with Crippen molar-refractivity contribution in [2.24, 2.45) is 0 Å². The van der Waals surface area contributed by atoms with E-state index >= 15 is 0 Å². The van der Waals surface area contributed by atoms with E-state index in [-0.39, 0.29) is 0 Å². The second-order valence-electron chi connectivity index (χ2n) is 4.00. The maximum absolute atomic E-state index is 4.06. The lowest BCUT2D eigenvalue weighted by Crippen LogP contribution is -2.17. The zero-order chi connectivity index (χ0) is 12.3. The quantitative estimate of drug-likeness (QED) is 0.936. The van der Waals surface area contributed by atoms with Crippen molar-refractivity contribution in [3.63, 3.8) is 0 Å². The number of nitrogens with one attached hydrogen (secondary N) is 1. The first-order valence-electron chi connectivity index (χ1n) is 5.44. The number of halogens is 1. The molecule has 0 radical (unpaired) electrons. The van der Waals surface area contributed by atoms with E-state index in [0.29, 0.717) is 6.04 Å². The van der Waals surface area contributed by atoms with E-state index in [0.717, 1.165) is 21.0 Å². The maximum atomic E-state index is 4.06. The standard InChI is InChI=1S/C12H14BrN3S/c1-8(14-12-16-15-9(2)17-12)7-10-3-5-11(13)6-4-10/h3-6,8H,7H2,1-2H3,(H,14,16). The van der Waals surface area contributed by atoms with E-state index in [1.807, 2.05) is 6.92 Å². The number of hydrogen-bond acceptors (Lipinski definition) is 4. The molecule has 0 saturated carbocycles. The van der Waals surface area contributed by atoms with Gasteiger partial charge >= 0.3 is 0 Å². The molecular weight excluding hydrogens is 298 g/mol. The molecule has 0 saturated heterocycles. The highest BCUT2D eigenvalue weighted by molar-refractivity contribution is 9.10. The number of hydrogen-bond donors (Lipinski definition) is 1. The molecule has 0 spiro atoms. The number of aromatic nitrogens is 2. The second-order valence-corrected chi connectivity index (χ2v) is 6.10. The summed E-state index contributed by atoms with van der Waals surface area (Å²) in [6.07, 6.45) is 0.978. The molecule has 0 fully saturated rings. The van der Waals surface area contributed by atoms with Gasteiger partial charge in [0.15, 0.2) is 0 Å². The van der Waals surface area contributed by atoms with Crippen molar-refractivity contribution < 1.29 is 0 Å². The average Bonchev–Trinajstić information content (AvgIpc) is 2.67. The van der Waals surface area contributed by atoms with E-state index in [1.54, 1.807) is 11.3 Å². The van der Waals surface area contributed by atoms with Gasteiger partial charge in [0.2, 0.25) is 5.13 Å². The van der Waals surface area contributed by atoms with Crippen LogP contribution in [0.3, 0.4) is 0 Å². The smallest absolute Gasteiger partial charge is 0.205 e. The fourth-order valence-corrected chi connectivity index (χ4v) is 2.56. The normalized spacial score (nSPS) is 12.4. The predicted octanol–water partition coefficient (Wildman–Crippen LogP) is 3.65. The van der Waals surface area contributed by atoms with Crippen LogP contribution in [-0.2, 0) is 6.42 Å². The monoisotopic (exact) mass is 311 g/mol. The summed E-state index contributed by atoms with van der Waals surface area (Å²) in [7, 11) is 0. The summed E-state index contributed by atoms with van der Waals surface area (Å²) >= 11 is 5.02. The lowest BCUT2D eigenvalue weighted by Gasteiger charge is -2.12. The molecule has 2 aromatic rings. The van der Waals surface area contributed by atoms with Crippen LogP contribution >= 0.6 is 27.3 Å². The highest BCUT2D eigenvalue weighted by Crippen LogP contribution is 2.17. The molecule has 1 aromatic heterocycles. The van der Waals surface area contributed by atoms with Gasteiger partial charge in [-0.05, 0) is 38.0 Å². The van der Waals surface area contributed by atoms with Crippen LogP contribution in [0.2, 0.25) is 0 Å². The van der Waals surface area contributed by atoms with Crippen molar-refractivity contribution >= 4 is 32.4 Å². The summed E-state index contributed by atoms with van der Waals surface area (Å²) in [5.41, 5.74) is 1.31. The zero-order valence-corrected chi connectivity index (χ0v) is 12.2. The van der Waals surface area contributed by atoms with Gasteiger partial charge in [-0.25, -0.2) is 0 Å². The highest BCUT2D eigenvalue weighted by atomic mass is 79.9. The molecule has 1 unspecified atom stereocenters. The molecule has 3 nitrogen and oxygen atoms in total. The van der Waals surface area contributed by atoms with Crippen molar-refractivity contribution in [3.05, 3.63) is 39.3 Å². The lowest BCUT2D eigenvalue weighted by molar-refractivity contribution is 0.785. The molecule has 5 heteroatoms. The zero-order valence-electron chi connectivity index (χ0n) is 9.77. The summed E-state index contributed by atoms with van der Waals surface area (Å²) in [5, 5.41) is 13.3. The van der Waals surface area contributed by atoms with Gasteiger partial charge in [-0.3, -0.25) is 0 Å². The molecule has 0 bridgehead atoms. The number of aryl methyl sites for hydroxylation is 1. The van der Waals surface area contributed by atoms with Gasteiger partial charge in [0.1, 0.15) is 5.01 Å². The molecule has 0 aliphatic heterocycles. The lowest BCUT2D eigenvalue weighted by atomic mass is 10.1. The van der Waals surface area contributed by atoms with Gasteiger partial charge in [-0.15, -0.1) is 10.2 Å². The van der Waals surface area contributed by atoms with E-state index in [4.69, 9.17) is 0 Å². The Labute approximate surface area is 113 Å². The number of rotatable bonds is 4. The molecular formula is C12H14BrN3S. The molecule has 90 valence electrons. The Morgan fingerprint density at radius 1 is 1.29 bits per heavy atom. The van der Waals surface area contributed by atoms with Gasteiger partial charge < -0.3 is 5.32 Å². The largest absolute Gasteiger partial charge is 0.357 e.